The average Bonchev–Trinajstić information content (AvgIpc) is 3.12. The number of hydrogen-bond acceptors (Lipinski definition) is 2. The molecule has 1 aliphatic carbocycles. The third-order valence-corrected chi connectivity index (χ3v) is 3.43. The number of hydrogen-bond donors (Lipinski definition) is 1. The van der Waals surface area contributed by atoms with Crippen molar-refractivity contribution in [1.29, 1.82) is 0 Å². The number of halogens is 1. The lowest BCUT2D eigenvalue weighted by Crippen LogP contribution is -2.31. The molecule has 0 aromatic heterocycles. The first-order valence-corrected chi connectivity index (χ1v) is 6.36. The van der Waals surface area contributed by atoms with Crippen LogP contribution in [0.25, 0.3) is 0 Å². The molecule has 0 aliphatic heterocycles. The van der Waals surface area contributed by atoms with Gasteiger partial charge in [-0.3, -0.25) is 0 Å². The topological polar surface area (TPSA) is 15.3 Å². The lowest BCUT2D eigenvalue weighted by Gasteiger charge is -2.19. The van der Waals surface area contributed by atoms with Crippen LogP contribution in [0.2, 0.25) is 0 Å². The summed E-state index contributed by atoms with van der Waals surface area (Å²) >= 11 is 0. The normalized spacial score (nSPS) is 17.4. The van der Waals surface area contributed by atoms with E-state index in [2.05, 4.69) is 24.2 Å². The molecule has 1 aromatic rings. The highest BCUT2D eigenvalue weighted by Gasteiger charge is 2.25. The third kappa shape index (κ3) is 3.79. The summed E-state index contributed by atoms with van der Waals surface area (Å²) in [5, 5.41) is 3.43. The molecule has 17 heavy (non-hydrogen) atoms. The van der Waals surface area contributed by atoms with Gasteiger partial charge in [0.25, 0.3) is 0 Å². The van der Waals surface area contributed by atoms with Gasteiger partial charge in [0.2, 0.25) is 0 Å². The van der Waals surface area contributed by atoms with Crippen LogP contribution in [0.5, 0.6) is 0 Å². The Labute approximate surface area is 103 Å². The predicted octanol–water partition coefficient (Wildman–Crippen LogP) is 2.57. The van der Waals surface area contributed by atoms with E-state index in [1.165, 1.54) is 18.9 Å². The lowest BCUT2D eigenvalue weighted by atomic mass is 10.1. The van der Waals surface area contributed by atoms with E-state index in [4.69, 9.17) is 0 Å². The molecule has 3 heteroatoms. The fourth-order valence-corrected chi connectivity index (χ4v) is 2.05. The quantitative estimate of drug-likeness (QED) is 0.816. The van der Waals surface area contributed by atoms with Crippen LogP contribution in [0.1, 0.15) is 31.4 Å². The maximum atomic E-state index is 13.1. The molecule has 94 valence electrons. The molecular weight excluding hydrogens is 215 g/mol. The molecule has 2 rings (SSSR count). The largest absolute Gasteiger partial charge is 0.309 e. The molecule has 1 fully saturated rings. The van der Waals surface area contributed by atoms with E-state index >= 15 is 0 Å². The molecule has 0 radical (unpaired) electrons. The van der Waals surface area contributed by atoms with Crippen molar-refractivity contribution in [2.24, 2.45) is 0 Å². The van der Waals surface area contributed by atoms with Gasteiger partial charge < -0.3 is 10.2 Å². The maximum Gasteiger partial charge on any atom is 0.123 e. The minimum absolute atomic E-state index is 0.161. The van der Waals surface area contributed by atoms with Gasteiger partial charge in [0, 0.05) is 25.2 Å². The van der Waals surface area contributed by atoms with E-state index in [9.17, 15) is 4.39 Å². The van der Waals surface area contributed by atoms with Crippen LogP contribution in [0.15, 0.2) is 24.3 Å². The Morgan fingerprint density at radius 3 is 2.88 bits per heavy atom. The number of rotatable bonds is 6. The van der Waals surface area contributed by atoms with Gasteiger partial charge in [-0.15, -0.1) is 0 Å². The molecule has 1 atom stereocenters. The zero-order valence-corrected chi connectivity index (χ0v) is 10.6. The second-order valence-electron chi connectivity index (χ2n) is 4.94. The van der Waals surface area contributed by atoms with Crippen LogP contribution in [0, 0.1) is 5.82 Å². The summed E-state index contributed by atoms with van der Waals surface area (Å²) in [4.78, 5) is 2.39. The van der Waals surface area contributed by atoms with Gasteiger partial charge in [-0.05, 0) is 44.5 Å². The molecule has 0 spiro atoms. The van der Waals surface area contributed by atoms with Crippen molar-refractivity contribution < 1.29 is 4.39 Å². The van der Waals surface area contributed by atoms with Gasteiger partial charge in [0.05, 0.1) is 0 Å². The van der Waals surface area contributed by atoms with Gasteiger partial charge in [0.1, 0.15) is 5.82 Å². The molecule has 0 amide bonds. The number of nitrogens with one attached hydrogen (secondary N) is 1. The highest BCUT2D eigenvalue weighted by atomic mass is 19.1. The fraction of sp³-hybridized carbons (Fsp3) is 0.571. The Kier molecular flexibility index (Phi) is 4.13. The van der Waals surface area contributed by atoms with E-state index in [0.717, 1.165) is 24.7 Å². The van der Waals surface area contributed by atoms with Gasteiger partial charge in [0.15, 0.2) is 0 Å². The van der Waals surface area contributed by atoms with Gasteiger partial charge in [-0.25, -0.2) is 4.39 Å². The van der Waals surface area contributed by atoms with Crippen molar-refractivity contribution in [1.82, 2.24) is 10.2 Å². The van der Waals surface area contributed by atoms with Crippen LogP contribution in [0.3, 0.4) is 0 Å². The highest BCUT2D eigenvalue weighted by Crippen LogP contribution is 2.24. The Balaban J connectivity index is 1.74. The van der Waals surface area contributed by atoms with E-state index in [-0.39, 0.29) is 11.9 Å². The molecule has 1 aliphatic rings. The van der Waals surface area contributed by atoms with Crippen molar-refractivity contribution >= 4 is 0 Å². The first-order chi connectivity index (χ1) is 8.16. The predicted molar refractivity (Wildman–Crippen MR) is 68.5 cm³/mol. The van der Waals surface area contributed by atoms with Crippen molar-refractivity contribution in [3.63, 3.8) is 0 Å². The van der Waals surface area contributed by atoms with Crippen molar-refractivity contribution in [3.8, 4) is 0 Å². The van der Waals surface area contributed by atoms with Crippen molar-refractivity contribution in [3.05, 3.63) is 35.6 Å². The number of nitrogens with zero attached hydrogens (tertiary/aromatic N) is 1. The Hall–Kier alpha value is -0.930. The zero-order chi connectivity index (χ0) is 12.3. The van der Waals surface area contributed by atoms with E-state index < -0.39 is 0 Å². The number of likely N-dealkylation sites (N-methyl/N-ethyl adjacent to an activating group) is 1. The SMILES string of the molecule is CC(NCCN(C)C1CC1)c1cccc(F)c1. The standard InChI is InChI=1S/C14H21FN2/c1-11(12-4-3-5-13(15)10-12)16-8-9-17(2)14-6-7-14/h3-5,10-11,14,16H,6-9H2,1-2H3. The Bertz CT molecular complexity index is 363. The van der Waals surface area contributed by atoms with Crippen LogP contribution in [0.4, 0.5) is 4.39 Å². The minimum atomic E-state index is -0.161. The Morgan fingerprint density at radius 1 is 1.47 bits per heavy atom. The molecule has 0 bridgehead atoms. The second kappa shape index (κ2) is 5.61. The summed E-state index contributed by atoms with van der Waals surface area (Å²) in [5.41, 5.74) is 1.01. The smallest absolute Gasteiger partial charge is 0.123 e. The third-order valence-electron chi connectivity index (χ3n) is 3.43. The molecule has 1 aromatic carbocycles. The first kappa shape index (κ1) is 12.5. The molecular formula is C14H21FN2. The highest BCUT2D eigenvalue weighted by molar-refractivity contribution is 5.19. The molecule has 0 saturated heterocycles. The number of benzene rings is 1. The molecule has 1 saturated carbocycles. The summed E-state index contributed by atoms with van der Waals surface area (Å²) in [5.74, 6) is -0.161. The van der Waals surface area contributed by atoms with Gasteiger partial charge in [-0.2, -0.15) is 0 Å². The van der Waals surface area contributed by atoms with Gasteiger partial charge in [-0.1, -0.05) is 12.1 Å². The van der Waals surface area contributed by atoms with E-state index in [1.54, 1.807) is 12.1 Å². The average molecular weight is 236 g/mol. The molecule has 0 heterocycles. The Morgan fingerprint density at radius 2 is 2.24 bits per heavy atom. The summed E-state index contributed by atoms with van der Waals surface area (Å²) in [6, 6.07) is 7.82. The first-order valence-electron chi connectivity index (χ1n) is 6.36. The summed E-state index contributed by atoms with van der Waals surface area (Å²) in [7, 11) is 2.17. The summed E-state index contributed by atoms with van der Waals surface area (Å²) in [6.07, 6.45) is 2.69. The van der Waals surface area contributed by atoms with Crippen LogP contribution in [-0.4, -0.2) is 31.1 Å². The fourth-order valence-electron chi connectivity index (χ4n) is 2.05. The van der Waals surface area contributed by atoms with Crippen LogP contribution in [-0.2, 0) is 0 Å². The van der Waals surface area contributed by atoms with E-state index in [0.29, 0.717) is 0 Å². The van der Waals surface area contributed by atoms with Crippen LogP contribution >= 0.6 is 0 Å². The lowest BCUT2D eigenvalue weighted by molar-refractivity contribution is 0.316. The van der Waals surface area contributed by atoms with Gasteiger partial charge >= 0.3 is 0 Å². The van der Waals surface area contributed by atoms with Crippen molar-refractivity contribution in [2.75, 3.05) is 20.1 Å². The molecule has 2 nitrogen and oxygen atoms in total. The molecule has 1 unspecified atom stereocenters. The second-order valence-corrected chi connectivity index (χ2v) is 4.94. The molecule has 1 N–H and O–H groups in total. The maximum absolute atomic E-state index is 13.1. The summed E-state index contributed by atoms with van der Waals surface area (Å²) < 4.78 is 13.1. The minimum Gasteiger partial charge on any atom is -0.309 e. The van der Waals surface area contributed by atoms with E-state index in [1.807, 2.05) is 6.07 Å². The van der Waals surface area contributed by atoms with Crippen LogP contribution < -0.4 is 5.32 Å². The monoisotopic (exact) mass is 236 g/mol. The van der Waals surface area contributed by atoms with Crippen molar-refractivity contribution in [2.45, 2.75) is 31.8 Å². The zero-order valence-electron chi connectivity index (χ0n) is 10.6. The summed E-state index contributed by atoms with van der Waals surface area (Å²) in [6.45, 7) is 4.08.